The lowest BCUT2D eigenvalue weighted by Gasteiger charge is -2.27. The number of unbranched alkanes of at least 4 members (excludes halogenated alkanes) is 40. The molecule has 0 radical (unpaired) electrons. The van der Waals surface area contributed by atoms with E-state index >= 15 is 0 Å². The second-order valence-corrected chi connectivity index (χ2v) is 18.6. The SMILES string of the molecule is CCCCCCCCCCCCCCCCCCCCCCCCC(O)C(O)C(CO)NC(=O)C(O)CCCCCCCCCCCCCCCCCCCCCC. The van der Waals surface area contributed by atoms with Crippen LogP contribution < -0.4 is 5.32 Å². The van der Waals surface area contributed by atoms with Gasteiger partial charge in [0.05, 0.1) is 18.8 Å². The summed E-state index contributed by atoms with van der Waals surface area (Å²) in [6.07, 6.45) is 52.9. The third-order valence-electron chi connectivity index (χ3n) is 12.8. The zero-order valence-corrected chi connectivity index (χ0v) is 39.3. The molecule has 0 aromatic carbocycles. The minimum absolute atomic E-state index is 0.376. The number of aliphatic hydroxyl groups is 4. The van der Waals surface area contributed by atoms with Gasteiger partial charge in [-0.05, 0) is 12.8 Å². The maximum Gasteiger partial charge on any atom is 0.249 e. The fraction of sp³-hybridized carbons (Fsp3) is 0.981. The highest BCUT2D eigenvalue weighted by molar-refractivity contribution is 5.80. The Balaban J connectivity index is 3.62. The minimum atomic E-state index is -1.25. The summed E-state index contributed by atoms with van der Waals surface area (Å²) in [6, 6.07) is -0.980. The van der Waals surface area contributed by atoms with E-state index in [-0.39, 0.29) is 0 Å². The molecule has 0 saturated carbocycles. The zero-order chi connectivity index (χ0) is 42.4. The Hall–Kier alpha value is -0.690. The molecule has 4 atom stereocenters. The number of carbonyl (C=O) groups is 1. The highest BCUT2D eigenvalue weighted by Crippen LogP contribution is 2.18. The topological polar surface area (TPSA) is 110 Å². The molecule has 5 N–H and O–H groups in total. The number of aliphatic hydroxyl groups excluding tert-OH is 4. The van der Waals surface area contributed by atoms with E-state index in [0.717, 1.165) is 38.5 Å². The van der Waals surface area contributed by atoms with E-state index in [4.69, 9.17) is 0 Å². The van der Waals surface area contributed by atoms with Crippen LogP contribution in [0.4, 0.5) is 0 Å². The van der Waals surface area contributed by atoms with E-state index in [1.54, 1.807) is 0 Å². The maximum absolute atomic E-state index is 12.6. The molecule has 6 nitrogen and oxygen atoms in total. The molecular weight excluding hydrogens is 719 g/mol. The van der Waals surface area contributed by atoms with E-state index in [1.807, 2.05) is 0 Å². The summed E-state index contributed by atoms with van der Waals surface area (Å²) in [4.78, 5) is 12.6. The molecule has 0 bridgehead atoms. The first-order valence-electron chi connectivity index (χ1n) is 26.4. The predicted octanol–water partition coefficient (Wildman–Crippen LogP) is 14.8. The fourth-order valence-electron chi connectivity index (χ4n) is 8.64. The van der Waals surface area contributed by atoms with E-state index in [1.165, 1.54) is 231 Å². The summed E-state index contributed by atoms with van der Waals surface area (Å²) in [6.45, 7) is 4.09. The van der Waals surface area contributed by atoms with Crippen molar-refractivity contribution < 1.29 is 25.2 Å². The molecular formula is C52H105NO5. The Morgan fingerprint density at radius 1 is 0.362 bits per heavy atom. The minimum Gasteiger partial charge on any atom is -0.394 e. The quantitative estimate of drug-likeness (QED) is 0.0393. The molecule has 0 aliphatic heterocycles. The standard InChI is InChI=1S/C52H105NO5/c1-3-5-7-9-11-13-15-17-19-21-23-25-26-28-29-31-33-35-37-39-41-43-45-49(55)51(57)48(47-54)53-52(58)50(56)46-44-42-40-38-36-34-32-30-27-24-22-20-18-16-14-12-10-8-6-4-2/h48-51,54-57H,3-47H2,1-2H3,(H,53,58). The molecule has 0 aliphatic carbocycles. The van der Waals surface area contributed by atoms with Gasteiger partial charge in [-0.25, -0.2) is 0 Å². The molecule has 0 fully saturated rings. The summed E-state index contributed by atoms with van der Waals surface area (Å²) in [5.41, 5.74) is 0. The first-order chi connectivity index (χ1) is 28.5. The van der Waals surface area contributed by atoms with Gasteiger partial charge in [0.15, 0.2) is 0 Å². The average molecular weight is 824 g/mol. The van der Waals surface area contributed by atoms with Crippen molar-refractivity contribution in [2.45, 2.75) is 321 Å². The van der Waals surface area contributed by atoms with Crippen molar-refractivity contribution in [2.75, 3.05) is 6.61 Å². The summed E-state index contributed by atoms with van der Waals surface area (Å²) in [5, 5.41) is 43.9. The molecule has 6 heteroatoms. The molecule has 0 rings (SSSR count). The third kappa shape index (κ3) is 40.7. The maximum atomic E-state index is 12.6. The second-order valence-electron chi connectivity index (χ2n) is 18.6. The van der Waals surface area contributed by atoms with Crippen LogP contribution in [0.3, 0.4) is 0 Å². The Labute approximate surface area is 362 Å². The van der Waals surface area contributed by atoms with Gasteiger partial charge >= 0.3 is 0 Å². The first kappa shape index (κ1) is 57.3. The van der Waals surface area contributed by atoms with Crippen molar-refractivity contribution >= 4 is 5.91 Å². The van der Waals surface area contributed by atoms with Gasteiger partial charge in [0, 0.05) is 0 Å². The first-order valence-corrected chi connectivity index (χ1v) is 26.4. The van der Waals surface area contributed by atoms with Crippen LogP contribution in [-0.2, 0) is 4.79 Å². The lowest BCUT2D eigenvalue weighted by Crippen LogP contribution is -2.53. The summed E-state index contributed by atoms with van der Waals surface area (Å²) in [7, 11) is 0. The number of amides is 1. The van der Waals surface area contributed by atoms with Crippen LogP contribution in [0, 0.1) is 0 Å². The van der Waals surface area contributed by atoms with E-state index in [9.17, 15) is 25.2 Å². The molecule has 0 saturated heterocycles. The van der Waals surface area contributed by atoms with Crippen LogP contribution in [-0.4, -0.2) is 57.3 Å². The Bertz CT molecular complexity index is 796. The summed E-state index contributed by atoms with van der Waals surface area (Å²) >= 11 is 0. The van der Waals surface area contributed by atoms with E-state index < -0.39 is 36.9 Å². The highest BCUT2D eigenvalue weighted by atomic mass is 16.3. The van der Waals surface area contributed by atoms with Gasteiger partial charge in [0.1, 0.15) is 12.2 Å². The Kier molecular flexibility index (Phi) is 46.8. The van der Waals surface area contributed by atoms with Gasteiger partial charge < -0.3 is 25.7 Å². The van der Waals surface area contributed by atoms with E-state index in [0.29, 0.717) is 12.8 Å². The number of rotatable bonds is 49. The molecule has 0 aliphatic rings. The molecule has 58 heavy (non-hydrogen) atoms. The van der Waals surface area contributed by atoms with Crippen LogP contribution in [0.1, 0.15) is 296 Å². The van der Waals surface area contributed by atoms with Crippen LogP contribution in [0.15, 0.2) is 0 Å². The van der Waals surface area contributed by atoms with Gasteiger partial charge in [-0.1, -0.05) is 284 Å². The summed E-state index contributed by atoms with van der Waals surface area (Å²) < 4.78 is 0. The zero-order valence-electron chi connectivity index (χ0n) is 39.3. The van der Waals surface area contributed by atoms with Crippen molar-refractivity contribution in [1.29, 1.82) is 0 Å². The largest absolute Gasteiger partial charge is 0.394 e. The van der Waals surface area contributed by atoms with Crippen molar-refractivity contribution in [3.05, 3.63) is 0 Å². The number of hydrogen-bond donors (Lipinski definition) is 5. The molecule has 1 amide bonds. The van der Waals surface area contributed by atoms with Gasteiger partial charge in [-0.2, -0.15) is 0 Å². The van der Waals surface area contributed by atoms with Crippen molar-refractivity contribution in [3.8, 4) is 0 Å². The van der Waals surface area contributed by atoms with Crippen LogP contribution >= 0.6 is 0 Å². The van der Waals surface area contributed by atoms with Crippen molar-refractivity contribution in [1.82, 2.24) is 5.32 Å². The van der Waals surface area contributed by atoms with Gasteiger partial charge in [-0.3, -0.25) is 4.79 Å². The average Bonchev–Trinajstić information content (AvgIpc) is 3.23. The fourth-order valence-corrected chi connectivity index (χ4v) is 8.64. The lowest BCUT2D eigenvalue weighted by atomic mass is 9.99. The molecule has 0 aromatic heterocycles. The van der Waals surface area contributed by atoms with Crippen LogP contribution in [0.25, 0.3) is 0 Å². The Morgan fingerprint density at radius 3 is 0.828 bits per heavy atom. The highest BCUT2D eigenvalue weighted by Gasteiger charge is 2.28. The van der Waals surface area contributed by atoms with Gasteiger partial charge in [0.25, 0.3) is 0 Å². The van der Waals surface area contributed by atoms with Crippen molar-refractivity contribution in [3.63, 3.8) is 0 Å². The smallest absolute Gasteiger partial charge is 0.249 e. The molecule has 0 aromatic rings. The number of carbonyl (C=O) groups excluding carboxylic acids is 1. The van der Waals surface area contributed by atoms with Crippen LogP contribution in [0.2, 0.25) is 0 Å². The molecule has 4 unspecified atom stereocenters. The summed E-state index contributed by atoms with van der Waals surface area (Å²) in [5.74, 6) is -0.576. The van der Waals surface area contributed by atoms with Gasteiger partial charge in [-0.15, -0.1) is 0 Å². The molecule has 0 spiro atoms. The monoisotopic (exact) mass is 824 g/mol. The Morgan fingerprint density at radius 2 is 0.586 bits per heavy atom. The van der Waals surface area contributed by atoms with Crippen LogP contribution in [0.5, 0.6) is 0 Å². The third-order valence-corrected chi connectivity index (χ3v) is 12.8. The predicted molar refractivity (Wildman–Crippen MR) is 252 cm³/mol. The van der Waals surface area contributed by atoms with E-state index in [2.05, 4.69) is 19.2 Å². The second kappa shape index (κ2) is 47.4. The molecule has 348 valence electrons. The van der Waals surface area contributed by atoms with Crippen molar-refractivity contribution in [2.24, 2.45) is 0 Å². The lowest BCUT2D eigenvalue weighted by molar-refractivity contribution is -0.132. The molecule has 0 heterocycles. The number of nitrogens with one attached hydrogen (secondary N) is 1. The number of hydrogen-bond acceptors (Lipinski definition) is 5. The van der Waals surface area contributed by atoms with Gasteiger partial charge in [0.2, 0.25) is 5.91 Å². The normalized spacial score (nSPS) is 13.8.